The number of hydrogen-bond donors (Lipinski definition) is 2. The van der Waals surface area contributed by atoms with Gasteiger partial charge in [-0.2, -0.15) is 0 Å². The fourth-order valence-corrected chi connectivity index (χ4v) is 3.26. The van der Waals surface area contributed by atoms with Crippen molar-refractivity contribution in [2.75, 3.05) is 5.32 Å². The van der Waals surface area contributed by atoms with Gasteiger partial charge in [0.05, 0.1) is 0 Å². The third-order valence-corrected chi connectivity index (χ3v) is 4.17. The van der Waals surface area contributed by atoms with Crippen molar-refractivity contribution < 1.29 is 9.18 Å². The maximum absolute atomic E-state index is 13.9. The largest absolute Gasteiger partial charge is 0.382 e. The zero-order valence-corrected chi connectivity index (χ0v) is 12.4. The van der Waals surface area contributed by atoms with Crippen molar-refractivity contribution in [3.05, 3.63) is 29.1 Å². The molecule has 0 aliphatic heterocycles. The predicted octanol–water partition coefficient (Wildman–Crippen LogP) is 3.47. The summed E-state index contributed by atoms with van der Waals surface area (Å²) in [5.41, 5.74) is 6.69. The molecular weight excluding hydrogens is 255 g/mol. The Hall–Kier alpha value is -1.58. The van der Waals surface area contributed by atoms with E-state index in [0.29, 0.717) is 29.1 Å². The molecule has 2 atom stereocenters. The van der Waals surface area contributed by atoms with Crippen molar-refractivity contribution in [1.82, 2.24) is 0 Å². The van der Waals surface area contributed by atoms with Gasteiger partial charge in [0.2, 0.25) is 5.91 Å². The number of amides is 1. The summed E-state index contributed by atoms with van der Waals surface area (Å²) < 4.78 is 13.9. The third kappa shape index (κ3) is 3.30. The van der Waals surface area contributed by atoms with E-state index in [1.54, 1.807) is 13.0 Å². The molecule has 4 heteroatoms. The molecule has 3 N–H and O–H groups in total. The highest BCUT2D eigenvalue weighted by Crippen LogP contribution is 2.31. The summed E-state index contributed by atoms with van der Waals surface area (Å²) in [7, 11) is 0. The lowest BCUT2D eigenvalue weighted by atomic mass is 9.80. The van der Waals surface area contributed by atoms with Crippen LogP contribution in [0.3, 0.4) is 0 Å². The van der Waals surface area contributed by atoms with Crippen LogP contribution >= 0.6 is 0 Å². The summed E-state index contributed by atoms with van der Waals surface area (Å²) in [6.07, 6.45) is 3.39. The molecule has 0 heterocycles. The number of benzene rings is 1. The van der Waals surface area contributed by atoms with E-state index in [2.05, 4.69) is 19.2 Å². The summed E-state index contributed by atoms with van der Waals surface area (Å²) in [5, 5.41) is 3.40. The molecule has 1 amide bonds. The lowest BCUT2D eigenvalue weighted by molar-refractivity contribution is 0.1000. The van der Waals surface area contributed by atoms with E-state index in [1.807, 2.05) is 0 Å². The Balaban J connectivity index is 2.22. The number of carbonyl (C=O) groups excluding carboxylic acids is 1. The predicted molar refractivity (Wildman–Crippen MR) is 79.2 cm³/mol. The number of nitrogens with one attached hydrogen (secondary N) is 1. The Morgan fingerprint density at radius 1 is 1.25 bits per heavy atom. The molecule has 1 aromatic rings. The van der Waals surface area contributed by atoms with E-state index in [0.717, 1.165) is 12.8 Å². The number of anilines is 1. The van der Waals surface area contributed by atoms with Gasteiger partial charge in [0.25, 0.3) is 0 Å². The maximum atomic E-state index is 13.9. The summed E-state index contributed by atoms with van der Waals surface area (Å²) in [5.74, 6) is 0.347. The van der Waals surface area contributed by atoms with Crippen molar-refractivity contribution in [2.24, 2.45) is 17.6 Å². The van der Waals surface area contributed by atoms with E-state index in [4.69, 9.17) is 5.73 Å². The van der Waals surface area contributed by atoms with Crippen LogP contribution in [-0.2, 0) is 0 Å². The van der Waals surface area contributed by atoms with E-state index in [1.165, 1.54) is 12.5 Å². The number of primary amides is 1. The first-order valence-corrected chi connectivity index (χ1v) is 7.23. The maximum Gasteiger partial charge on any atom is 0.248 e. The second-order valence-electron chi connectivity index (χ2n) is 6.25. The number of hydrogen-bond acceptors (Lipinski definition) is 2. The van der Waals surface area contributed by atoms with Crippen molar-refractivity contribution in [2.45, 2.75) is 46.1 Å². The van der Waals surface area contributed by atoms with Gasteiger partial charge in [-0.25, -0.2) is 4.39 Å². The molecule has 0 aromatic heterocycles. The van der Waals surface area contributed by atoms with Crippen LogP contribution in [0.1, 0.15) is 49.0 Å². The summed E-state index contributed by atoms with van der Waals surface area (Å²) in [4.78, 5) is 11.2. The molecule has 1 aliphatic rings. The normalized spacial score (nSPS) is 26.3. The first-order valence-electron chi connectivity index (χ1n) is 7.23. The Kier molecular flexibility index (Phi) is 4.31. The molecule has 110 valence electrons. The van der Waals surface area contributed by atoms with Gasteiger partial charge in [-0.3, -0.25) is 4.79 Å². The molecule has 1 fully saturated rings. The fraction of sp³-hybridized carbons (Fsp3) is 0.562. The quantitative estimate of drug-likeness (QED) is 0.889. The van der Waals surface area contributed by atoms with Crippen LogP contribution in [0.15, 0.2) is 12.1 Å². The Morgan fingerprint density at radius 3 is 2.40 bits per heavy atom. The summed E-state index contributed by atoms with van der Waals surface area (Å²) >= 11 is 0. The van der Waals surface area contributed by atoms with Crippen LogP contribution in [0.2, 0.25) is 0 Å². The van der Waals surface area contributed by atoms with Gasteiger partial charge in [0.1, 0.15) is 5.82 Å². The number of rotatable bonds is 3. The minimum Gasteiger partial charge on any atom is -0.382 e. The smallest absolute Gasteiger partial charge is 0.248 e. The molecule has 1 aromatic carbocycles. The molecule has 2 unspecified atom stereocenters. The van der Waals surface area contributed by atoms with Crippen molar-refractivity contribution in [3.8, 4) is 0 Å². The Labute approximate surface area is 119 Å². The lowest BCUT2D eigenvalue weighted by Gasteiger charge is -2.33. The van der Waals surface area contributed by atoms with Crippen molar-refractivity contribution in [3.63, 3.8) is 0 Å². The van der Waals surface area contributed by atoms with Crippen molar-refractivity contribution in [1.29, 1.82) is 0 Å². The Bertz CT molecular complexity index is 505. The van der Waals surface area contributed by atoms with Crippen LogP contribution in [0.5, 0.6) is 0 Å². The Morgan fingerprint density at radius 2 is 1.85 bits per heavy atom. The third-order valence-electron chi connectivity index (χ3n) is 4.17. The molecule has 20 heavy (non-hydrogen) atoms. The average molecular weight is 278 g/mol. The number of carbonyl (C=O) groups is 1. The standard InChI is InChI=1S/C16H23FN2O/c1-9-4-10(2)6-13(5-9)19-15-8-12(16(18)20)7-14(17)11(15)3/h7-10,13,19H,4-6H2,1-3H3,(H2,18,20). The number of halogens is 1. The van der Waals surface area contributed by atoms with E-state index in [9.17, 15) is 9.18 Å². The van der Waals surface area contributed by atoms with Gasteiger partial charge in [0, 0.05) is 22.9 Å². The minimum atomic E-state index is -0.600. The second-order valence-corrected chi connectivity index (χ2v) is 6.25. The van der Waals surface area contributed by atoms with Crippen LogP contribution in [-0.4, -0.2) is 11.9 Å². The van der Waals surface area contributed by atoms with Crippen molar-refractivity contribution >= 4 is 11.6 Å². The molecule has 0 saturated heterocycles. The molecule has 3 nitrogen and oxygen atoms in total. The first-order chi connectivity index (χ1) is 9.36. The summed E-state index contributed by atoms with van der Waals surface area (Å²) in [6.45, 7) is 6.22. The van der Waals surface area contributed by atoms with E-state index >= 15 is 0 Å². The van der Waals surface area contributed by atoms with Crippen LogP contribution in [0, 0.1) is 24.6 Å². The van der Waals surface area contributed by atoms with E-state index < -0.39 is 5.91 Å². The van der Waals surface area contributed by atoms with Crippen LogP contribution in [0.4, 0.5) is 10.1 Å². The van der Waals surface area contributed by atoms with Gasteiger partial charge in [0.15, 0.2) is 0 Å². The highest BCUT2D eigenvalue weighted by molar-refractivity contribution is 5.94. The topological polar surface area (TPSA) is 55.1 Å². The monoisotopic (exact) mass is 278 g/mol. The van der Waals surface area contributed by atoms with Gasteiger partial charge in [-0.1, -0.05) is 13.8 Å². The SMILES string of the molecule is Cc1c(F)cc(C(N)=O)cc1NC1CC(C)CC(C)C1. The summed E-state index contributed by atoms with van der Waals surface area (Å²) in [6, 6.07) is 3.19. The average Bonchev–Trinajstić information content (AvgIpc) is 2.33. The van der Waals surface area contributed by atoms with Gasteiger partial charge >= 0.3 is 0 Å². The molecular formula is C16H23FN2O. The molecule has 0 spiro atoms. The fourth-order valence-electron chi connectivity index (χ4n) is 3.26. The molecule has 0 bridgehead atoms. The minimum absolute atomic E-state index is 0.215. The number of nitrogens with two attached hydrogens (primary N) is 1. The van der Waals surface area contributed by atoms with Gasteiger partial charge < -0.3 is 11.1 Å². The molecule has 1 saturated carbocycles. The highest BCUT2D eigenvalue weighted by atomic mass is 19.1. The molecule has 2 rings (SSSR count). The van der Waals surface area contributed by atoms with Crippen LogP contribution in [0.25, 0.3) is 0 Å². The lowest BCUT2D eigenvalue weighted by Crippen LogP contribution is -2.30. The van der Waals surface area contributed by atoms with Gasteiger partial charge in [-0.05, 0) is 50.2 Å². The molecule has 1 aliphatic carbocycles. The first kappa shape index (κ1) is 14.8. The van der Waals surface area contributed by atoms with Crippen LogP contribution < -0.4 is 11.1 Å². The zero-order chi connectivity index (χ0) is 14.9. The second kappa shape index (κ2) is 5.81. The van der Waals surface area contributed by atoms with E-state index in [-0.39, 0.29) is 11.4 Å². The highest BCUT2D eigenvalue weighted by Gasteiger charge is 2.24. The molecule has 0 radical (unpaired) electrons. The zero-order valence-electron chi connectivity index (χ0n) is 12.4. The van der Waals surface area contributed by atoms with Gasteiger partial charge in [-0.15, -0.1) is 0 Å².